The van der Waals surface area contributed by atoms with Gasteiger partial charge in [-0.15, -0.1) is 23.2 Å². The van der Waals surface area contributed by atoms with Gasteiger partial charge in [-0.2, -0.15) is 0 Å². The summed E-state index contributed by atoms with van der Waals surface area (Å²) in [6, 6.07) is 0. The van der Waals surface area contributed by atoms with Crippen molar-refractivity contribution in [2.75, 3.05) is 0 Å². The quantitative estimate of drug-likeness (QED) is 0.666. The molecular formula is C11H13Cl3. The van der Waals surface area contributed by atoms with Crippen LogP contribution in [0.2, 0.25) is 5.02 Å². The molecule has 1 aromatic rings. The van der Waals surface area contributed by atoms with Crippen molar-refractivity contribution in [1.29, 1.82) is 0 Å². The summed E-state index contributed by atoms with van der Waals surface area (Å²) >= 11 is 18.0. The van der Waals surface area contributed by atoms with Crippen LogP contribution in [0.1, 0.15) is 27.8 Å². The Hall–Kier alpha value is 0.0900. The zero-order valence-corrected chi connectivity index (χ0v) is 10.8. The Bertz CT molecular complexity index is 321. The highest BCUT2D eigenvalue weighted by molar-refractivity contribution is 6.33. The van der Waals surface area contributed by atoms with Gasteiger partial charge in [-0.05, 0) is 48.6 Å². The van der Waals surface area contributed by atoms with Crippen LogP contribution in [-0.2, 0) is 11.8 Å². The van der Waals surface area contributed by atoms with Gasteiger partial charge in [-0.1, -0.05) is 11.6 Å². The van der Waals surface area contributed by atoms with Gasteiger partial charge in [0.25, 0.3) is 0 Å². The van der Waals surface area contributed by atoms with Crippen molar-refractivity contribution in [3.8, 4) is 0 Å². The third-order valence-corrected chi connectivity index (χ3v) is 3.85. The maximum Gasteiger partial charge on any atom is 0.0492 e. The number of hydrogen-bond donors (Lipinski definition) is 0. The van der Waals surface area contributed by atoms with Crippen LogP contribution >= 0.6 is 34.8 Å². The van der Waals surface area contributed by atoms with Gasteiger partial charge in [0.15, 0.2) is 0 Å². The van der Waals surface area contributed by atoms with Crippen molar-refractivity contribution in [2.45, 2.75) is 32.5 Å². The van der Waals surface area contributed by atoms with E-state index >= 15 is 0 Å². The lowest BCUT2D eigenvalue weighted by molar-refractivity contribution is 1.14. The normalized spacial score (nSPS) is 10.7. The Morgan fingerprint density at radius 2 is 1.29 bits per heavy atom. The van der Waals surface area contributed by atoms with Crippen molar-refractivity contribution in [1.82, 2.24) is 0 Å². The van der Waals surface area contributed by atoms with Crippen LogP contribution in [0.5, 0.6) is 0 Å². The van der Waals surface area contributed by atoms with Crippen molar-refractivity contribution in [3.63, 3.8) is 0 Å². The van der Waals surface area contributed by atoms with E-state index in [1.165, 1.54) is 11.1 Å². The fraction of sp³-hybridized carbons (Fsp3) is 0.455. The average molecular weight is 252 g/mol. The lowest BCUT2D eigenvalue weighted by Crippen LogP contribution is -2.00. The Kier molecular flexibility index (Phi) is 4.12. The molecule has 0 atom stereocenters. The van der Waals surface area contributed by atoms with Crippen molar-refractivity contribution in [3.05, 3.63) is 32.8 Å². The third-order valence-electron chi connectivity index (χ3n) is 2.80. The molecule has 0 aromatic heterocycles. The summed E-state index contributed by atoms with van der Waals surface area (Å²) in [5, 5.41) is 0.763. The first-order valence-corrected chi connectivity index (χ1v) is 5.88. The Morgan fingerprint density at radius 3 is 1.71 bits per heavy atom. The van der Waals surface area contributed by atoms with Crippen LogP contribution in [-0.4, -0.2) is 0 Å². The minimum absolute atomic E-state index is 0.419. The summed E-state index contributed by atoms with van der Waals surface area (Å²) in [6.07, 6.45) is 0. The minimum Gasteiger partial charge on any atom is -0.122 e. The largest absolute Gasteiger partial charge is 0.122 e. The molecule has 0 amide bonds. The van der Waals surface area contributed by atoms with Crippen molar-refractivity contribution < 1.29 is 0 Å². The molecule has 0 aliphatic carbocycles. The van der Waals surface area contributed by atoms with E-state index in [1.807, 2.05) is 6.92 Å². The highest BCUT2D eigenvalue weighted by Gasteiger charge is 2.14. The molecule has 0 spiro atoms. The summed E-state index contributed by atoms with van der Waals surface area (Å²) in [5.41, 5.74) is 5.57. The molecule has 0 fully saturated rings. The first-order chi connectivity index (χ1) is 6.54. The lowest BCUT2D eigenvalue weighted by Gasteiger charge is -2.16. The molecule has 1 aromatic carbocycles. The van der Waals surface area contributed by atoms with Gasteiger partial charge < -0.3 is 0 Å². The van der Waals surface area contributed by atoms with Crippen LogP contribution in [0.3, 0.4) is 0 Å². The van der Waals surface area contributed by atoms with Gasteiger partial charge in [0.1, 0.15) is 0 Å². The van der Waals surface area contributed by atoms with Crippen LogP contribution in [0.4, 0.5) is 0 Å². The molecule has 14 heavy (non-hydrogen) atoms. The Labute approximate surface area is 100 Å². The molecule has 0 saturated heterocycles. The molecule has 0 saturated carbocycles. The number of halogens is 3. The van der Waals surface area contributed by atoms with Crippen molar-refractivity contribution >= 4 is 34.8 Å². The van der Waals surface area contributed by atoms with E-state index in [2.05, 4.69) is 13.8 Å². The van der Waals surface area contributed by atoms with Gasteiger partial charge >= 0.3 is 0 Å². The number of benzene rings is 1. The van der Waals surface area contributed by atoms with E-state index < -0.39 is 0 Å². The number of rotatable bonds is 2. The van der Waals surface area contributed by atoms with Crippen LogP contribution in [0.15, 0.2) is 0 Å². The molecule has 1 rings (SSSR count). The fourth-order valence-corrected chi connectivity index (χ4v) is 2.63. The lowest BCUT2D eigenvalue weighted by atomic mass is 9.95. The van der Waals surface area contributed by atoms with Crippen LogP contribution < -0.4 is 0 Å². The predicted octanol–water partition coefficient (Wildman–Crippen LogP) is 4.74. The number of hydrogen-bond acceptors (Lipinski definition) is 0. The first kappa shape index (κ1) is 12.2. The zero-order chi connectivity index (χ0) is 10.9. The summed E-state index contributed by atoms with van der Waals surface area (Å²) in [4.78, 5) is 0. The highest BCUT2D eigenvalue weighted by Crippen LogP contribution is 2.32. The second-order valence-electron chi connectivity index (χ2n) is 3.41. The molecular weight excluding hydrogens is 238 g/mol. The Balaban J connectivity index is 3.57. The third kappa shape index (κ3) is 1.88. The molecule has 0 bridgehead atoms. The minimum atomic E-state index is 0.419. The number of alkyl halides is 2. The van der Waals surface area contributed by atoms with E-state index in [-0.39, 0.29) is 0 Å². The summed E-state index contributed by atoms with van der Waals surface area (Å²) in [5.74, 6) is 0.886. The van der Waals surface area contributed by atoms with Gasteiger partial charge in [0.05, 0.1) is 0 Å². The van der Waals surface area contributed by atoms with Crippen LogP contribution in [0.25, 0.3) is 0 Å². The van der Waals surface area contributed by atoms with Crippen LogP contribution in [0, 0.1) is 20.8 Å². The van der Waals surface area contributed by atoms with Crippen molar-refractivity contribution in [2.24, 2.45) is 0 Å². The highest BCUT2D eigenvalue weighted by atomic mass is 35.5. The van der Waals surface area contributed by atoms with E-state index in [1.54, 1.807) is 0 Å². The Morgan fingerprint density at radius 1 is 0.786 bits per heavy atom. The SMILES string of the molecule is Cc1c(C)c(Cl)c(CCl)c(CCl)c1C. The molecule has 0 heterocycles. The topological polar surface area (TPSA) is 0 Å². The summed E-state index contributed by atoms with van der Waals surface area (Å²) < 4.78 is 0. The van der Waals surface area contributed by atoms with E-state index in [0.717, 1.165) is 21.7 Å². The standard InChI is InChI=1S/C11H13Cl3/c1-6-7(2)9(4-12)10(5-13)11(14)8(6)3/h4-5H2,1-3H3. The molecule has 0 aliphatic heterocycles. The maximum atomic E-state index is 6.21. The molecule has 0 nitrogen and oxygen atoms in total. The van der Waals surface area contributed by atoms with Gasteiger partial charge in [-0.25, -0.2) is 0 Å². The predicted molar refractivity (Wildman–Crippen MR) is 64.8 cm³/mol. The molecule has 0 radical (unpaired) electrons. The summed E-state index contributed by atoms with van der Waals surface area (Å²) in [7, 11) is 0. The van der Waals surface area contributed by atoms with E-state index in [9.17, 15) is 0 Å². The first-order valence-electron chi connectivity index (χ1n) is 4.43. The zero-order valence-electron chi connectivity index (χ0n) is 8.55. The van der Waals surface area contributed by atoms with Gasteiger partial charge in [-0.3, -0.25) is 0 Å². The maximum absolute atomic E-state index is 6.21. The second kappa shape index (κ2) is 4.74. The summed E-state index contributed by atoms with van der Waals surface area (Å²) in [6.45, 7) is 6.13. The average Bonchev–Trinajstić information content (AvgIpc) is 2.20. The molecule has 78 valence electrons. The van der Waals surface area contributed by atoms with E-state index in [0.29, 0.717) is 11.8 Å². The van der Waals surface area contributed by atoms with Gasteiger partial charge in [0.2, 0.25) is 0 Å². The molecule has 3 heteroatoms. The molecule has 0 unspecified atom stereocenters. The fourth-order valence-electron chi connectivity index (χ4n) is 1.58. The van der Waals surface area contributed by atoms with Gasteiger partial charge in [0, 0.05) is 16.8 Å². The monoisotopic (exact) mass is 250 g/mol. The smallest absolute Gasteiger partial charge is 0.0492 e. The van der Waals surface area contributed by atoms with E-state index in [4.69, 9.17) is 34.8 Å². The molecule has 0 aliphatic rings. The second-order valence-corrected chi connectivity index (χ2v) is 4.33. The molecule has 0 N–H and O–H groups in total.